The van der Waals surface area contributed by atoms with Gasteiger partial charge in [0.15, 0.2) is 0 Å². The van der Waals surface area contributed by atoms with Gasteiger partial charge in [-0.25, -0.2) is 0 Å². The van der Waals surface area contributed by atoms with Gasteiger partial charge in [-0.15, -0.1) is 0 Å². The minimum absolute atomic E-state index is 0.110. The molecule has 0 fully saturated rings. The molecule has 72 valence electrons. The van der Waals surface area contributed by atoms with Gasteiger partial charge in [0.25, 0.3) is 0 Å². The Morgan fingerprint density at radius 1 is 1.38 bits per heavy atom. The van der Waals surface area contributed by atoms with Crippen LogP contribution in [0.3, 0.4) is 0 Å². The zero-order chi connectivity index (χ0) is 9.84. The molecule has 0 unspecified atom stereocenters. The second kappa shape index (κ2) is 4.64. The topological polar surface area (TPSA) is 26.0 Å². The van der Waals surface area contributed by atoms with Crippen molar-refractivity contribution in [3.05, 3.63) is 34.9 Å². The Balaban J connectivity index is 2.71. The first-order valence-corrected chi connectivity index (χ1v) is 4.98. The van der Waals surface area contributed by atoms with E-state index < -0.39 is 0 Å². The van der Waals surface area contributed by atoms with E-state index in [4.69, 9.17) is 17.3 Å². The highest BCUT2D eigenvalue weighted by atomic mass is 35.5. The van der Waals surface area contributed by atoms with E-state index in [9.17, 15) is 0 Å². The van der Waals surface area contributed by atoms with E-state index in [1.165, 1.54) is 0 Å². The molecular formula is C11H16ClN. The van der Waals surface area contributed by atoms with E-state index in [1.807, 2.05) is 24.3 Å². The normalized spacial score (nSPS) is 13.3. The predicted molar refractivity (Wildman–Crippen MR) is 57.8 cm³/mol. The summed E-state index contributed by atoms with van der Waals surface area (Å²) in [5, 5.41) is 0.761. The lowest BCUT2D eigenvalue weighted by molar-refractivity contribution is 0.510. The van der Waals surface area contributed by atoms with Crippen molar-refractivity contribution in [3.63, 3.8) is 0 Å². The van der Waals surface area contributed by atoms with E-state index >= 15 is 0 Å². The van der Waals surface area contributed by atoms with E-state index in [1.54, 1.807) is 0 Å². The maximum absolute atomic E-state index is 6.01. The SMILES string of the molecule is CC(C)C[C@@H](N)c1cccc(Cl)c1. The van der Waals surface area contributed by atoms with Gasteiger partial charge in [0, 0.05) is 11.1 Å². The summed E-state index contributed by atoms with van der Waals surface area (Å²) in [5.74, 6) is 0.619. The summed E-state index contributed by atoms with van der Waals surface area (Å²) in [6.07, 6.45) is 1.00. The third-order valence-corrected chi connectivity index (χ3v) is 2.24. The first-order valence-electron chi connectivity index (χ1n) is 4.60. The molecule has 0 saturated carbocycles. The summed E-state index contributed by atoms with van der Waals surface area (Å²) in [4.78, 5) is 0. The molecule has 1 atom stereocenters. The molecule has 2 heteroatoms. The number of rotatable bonds is 3. The van der Waals surface area contributed by atoms with Crippen molar-refractivity contribution in [2.45, 2.75) is 26.3 Å². The van der Waals surface area contributed by atoms with Crippen LogP contribution in [0, 0.1) is 5.92 Å². The van der Waals surface area contributed by atoms with Gasteiger partial charge in [0.05, 0.1) is 0 Å². The van der Waals surface area contributed by atoms with Crippen molar-refractivity contribution in [2.75, 3.05) is 0 Å². The second-order valence-corrected chi connectivity index (χ2v) is 4.23. The Morgan fingerprint density at radius 2 is 2.08 bits per heavy atom. The molecule has 0 bridgehead atoms. The summed E-state index contributed by atoms with van der Waals surface area (Å²) in [7, 11) is 0. The van der Waals surface area contributed by atoms with Crippen LogP contribution in [0.5, 0.6) is 0 Å². The number of benzene rings is 1. The molecular weight excluding hydrogens is 182 g/mol. The standard InChI is InChI=1S/C11H16ClN/c1-8(2)6-11(13)9-4-3-5-10(12)7-9/h3-5,7-8,11H,6,13H2,1-2H3/t11-/m1/s1. The quantitative estimate of drug-likeness (QED) is 0.790. The lowest BCUT2D eigenvalue weighted by atomic mass is 9.98. The van der Waals surface area contributed by atoms with E-state index in [2.05, 4.69) is 13.8 Å². The highest BCUT2D eigenvalue weighted by Crippen LogP contribution is 2.21. The van der Waals surface area contributed by atoms with Crippen LogP contribution in [0.25, 0.3) is 0 Å². The summed E-state index contributed by atoms with van der Waals surface area (Å²) < 4.78 is 0. The van der Waals surface area contributed by atoms with Crippen LogP contribution in [0.15, 0.2) is 24.3 Å². The van der Waals surface area contributed by atoms with Gasteiger partial charge in [-0.1, -0.05) is 37.6 Å². The largest absolute Gasteiger partial charge is 0.324 e. The van der Waals surface area contributed by atoms with E-state index in [-0.39, 0.29) is 6.04 Å². The number of nitrogens with two attached hydrogens (primary N) is 1. The highest BCUT2D eigenvalue weighted by molar-refractivity contribution is 6.30. The molecule has 0 aromatic heterocycles. The first kappa shape index (κ1) is 10.6. The smallest absolute Gasteiger partial charge is 0.0409 e. The Labute approximate surface area is 84.9 Å². The van der Waals surface area contributed by atoms with Gasteiger partial charge in [0.2, 0.25) is 0 Å². The van der Waals surface area contributed by atoms with E-state index in [0.29, 0.717) is 5.92 Å². The minimum Gasteiger partial charge on any atom is -0.324 e. The molecule has 2 N–H and O–H groups in total. The van der Waals surface area contributed by atoms with Crippen LogP contribution >= 0.6 is 11.6 Å². The molecule has 0 aliphatic carbocycles. The summed E-state index contributed by atoms with van der Waals surface area (Å²) in [6, 6.07) is 7.89. The Bertz CT molecular complexity index is 271. The molecule has 0 spiro atoms. The zero-order valence-electron chi connectivity index (χ0n) is 8.13. The van der Waals surface area contributed by atoms with Gasteiger partial charge < -0.3 is 5.73 Å². The predicted octanol–water partition coefficient (Wildman–Crippen LogP) is 3.39. The van der Waals surface area contributed by atoms with E-state index in [0.717, 1.165) is 17.0 Å². The summed E-state index contributed by atoms with van der Waals surface area (Å²) >= 11 is 5.87. The monoisotopic (exact) mass is 197 g/mol. The fourth-order valence-corrected chi connectivity index (χ4v) is 1.58. The third kappa shape index (κ3) is 3.37. The van der Waals surface area contributed by atoms with Gasteiger partial charge >= 0.3 is 0 Å². The third-order valence-electron chi connectivity index (χ3n) is 2.00. The molecule has 0 heterocycles. The van der Waals surface area contributed by atoms with Gasteiger partial charge in [0.1, 0.15) is 0 Å². The van der Waals surface area contributed by atoms with Crippen molar-refractivity contribution in [1.82, 2.24) is 0 Å². The highest BCUT2D eigenvalue weighted by Gasteiger charge is 2.07. The van der Waals surface area contributed by atoms with Crippen molar-refractivity contribution < 1.29 is 0 Å². The average molecular weight is 198 g/mol. The molecule has 0 aliphatic heterocycles. The summed E-state index contributed by atoms with van der Waals surface area (Å²) in [6.45, 7) is 4.34. The maximum atomic E-state index is 6.01. The number of hydrogen-bond donors (Lipinski definition) is 1. The van der Waals surface area contributed by atoms with Gasteiger partial charge in [-0.05, 0) is 30.0 Å². The van der Waals surface area contributed by atoms with Gasteiger partial charge in [-0.3, -0.25) is 0 Å². The van der Waals surface area contributed by atoms with Crippen LogP contribution in [0.2, 0.25) is 5.02 Å². The minimum atomic E-state index is 0.110. The van der Waals surface area contributed by atoms with Crippen LogP contribution in [-0.4, -0.2) is 0 Å². The fraction of sp³-hybridized carbons (Fsp3) is 0.455. The molecule has 13 heavy (non-hydrogen) atoms. The zero-order valence-corrected chi connectivity index (χ0v) is 8.88. The van der Waals surface area contributed by atoms with Crippen molar-refractivity contribution >= 4 is 11.6 Å². The first-order chi connectivity index (χ1) is 6.09. The molecule has 0 saturated heterocycles. The molecule has 0 amide bonds. The summed E-state index contributed by atoms with van der Waals surface area (Å²) in [5.41, 5.74) is 7.13. The Morgan fingerprint density at radius 3 is 2.62 bits per heavy atom. The van der Waals surface area contributed by atoms with Crippen LogP contribution in [-0.2, 0) is 0 Å². The molecule has 0 radical (unpaired) electrons. The molecule has 1 rings (SSSR count). The van der Waals surface area contributed by atoms with Crippen molar-refractivity contribution in [1.29, 1.82) is 0 Å². The molecule has 1 aromatic rings. The molecule has 0 aliphatic rings. The van der Waals surface area contributed by atoms with Gasteiger partial charge in [-0.2, -0.15) is 0 Å². The number of hydrogen-bond acceptors (Lipinski definition) is 1. The second-order valence-electron chi connectivity index (χ2n) is 3.79. The lowest BCUT2D eigenvalue weighted by Crippen LogP contribution is -2.12. The molecule has 1 nitrogen and oxygen atoms in total. The van der Waals surface area contributed by atoms with Crippen molar-refractivity contribution in [3.8, 4) is 0 Å². The lowest BCUT2D eigenvalue weighted by Gasteiger charge is -2.14. The maximum Gasteiger partial charge on any atom is 0.0409 e. The Kier molecular flexibility index (Phi) is 3.76. The van der Waals surface area contributed by atoms with Crippen molar-refractivity contribution in [2.24, 2.45) is 11.7 Å². The molecule has 1 aromatic carbocycles. The van der Waals surface area contributed by atoms with Crippen LogP contribution in [0.4, 0.5) is 0 Å². The Hall–Kier alpha value is -0.530. The van der Waals surface area contributed by atoms with Crippen LogP contribution < -0.4 is 5.73 Å². The number of halogens is 1. The fourth-order valence-electron chi connectivity index (χ4n) is 1.38. The van der Waals surface area contributed by atoms with Crippen LogP contribution in [0.1, 0.15) is 31.9 Å². The average Bonchev–Trinajstić information content (AvgIpc) is 2.03.